The van der Waals surface area contributed by atoms with Crippen molar-refractivity contribution < 1.29 is 9.53 Å². The third kappa shape index (κ3) is 2.80. The summed E-state index contributed by atoms with van der Waals surface area (Å²) in [5, 5.41) is 4.32. The minimum Gasteiger partial charge on any atom is -0.489 e. The Kier molecular flexibility index (Phi) is 4.13. The number of rotatable bonds is 5. The second-order valence-electron chi connectivity index (χ2n) is 7.44. The number of benzene rings is 3. The molecule has 0 bridgehead atoms. The minimum absolute atomic E-state index is 0.0201. The largest absolute Gasteiger partial charge is 0.489 e. The first-order valence-corrected chi connectivity index (χ1v) is 9.91. The highest BCUT2D eigenvalue weighted by molar-refractivity contribution is 6.02. The quantitative estimate of drug-likeness (QED) is 0.502. The first-order chi connectivity index (χ1) is 14.2. The second kappa shape index (κ2) is 6.82. The molecule has 1 aliphatic rings. The number of amides is 1. The maximum atomic E-state index is 12.7. The van der Waals surface area contributed by atoms with Gasteiger partial charge in [0, 0.05) is 28.2 Å². The lowest BCUT2D eigenvalue weighted by Crippen LogP contribution is -2.39. The Morgan fingerprint density at radius 1 is 0.931 bits per heavy atom. The highest BCUT2D eigenvalue weighted by Crippen LogP contribution is 2.43. The highest BCUT2D eigenvalue weighted by atomic mass is 16.5. The van der Waals surface area contributed by atoms with Crippen LogP contribution in [-0.2, 0) is 12.1 Å². The molecule has 0 unspecified atom stereocenters. The Morgan fingerprint density at radius 2 is 1.72 bits per heavy atom. The summed E-state index contributed by atoms with van der Waals surface area (Å²) in [6.45, 7) is 2.63. The van der Waals surface area contributed by atoms with E-state index in [9.17, 15) is 4.79 Å². The van der Waals surface area contributed by atoms with Crippen molar-refractivity contribution in [2.45, 2.75) is 25.5 Å². The molecule has 0 aliphatic carbocycles. The van der Waals surface area contributed by atoms with Gasteiger partial charge in [-0.15, -0.1) is 0 Å². The number of nitrogens with one attached hydrogen (secondary N) is 2. The predicted molar refractivity (Wildman–Crippen MR) is 114 cm³/mol. The van der Waals surface area contributed by atoms with E-state index in [2.05, 4.69) is 35.4 Å². The van der Waals surface area contributed by atoms with Gasteiger partial charge in [0.2, 0.25) is 0 Å². The van der Waals surface area contributed by atoms with Crippen molar-refractivity contribution in [3.8, 4) is 5.75 Å². The first kappa shape index (κ1) is 17.6. The fourth-order valence-corrected chi connectivity index (χ4v) is 4.35. The van der Waals surface area contributed by atoms with Crippen LogP contribution in [0.2, 0.25) is 0 Å². The molecule has 1 aliphatic heterocycles. The minimum atomic E-state index is -0.538. The van der Waals surface area contributed by atoms with Gasteiger partial charge in [0.25, 0.3) is 5.91 Å². The Labute approximate surface area is 169 Å². The fourth-order valence-electron chi connectivity index (χ4n) is 4.35. The zero-order chi connectivity index (χ0) is 19.8. The van der Waals surface area contributed by atoms with E-state index in [-0.39, 0.29) is 5.91 Å². The normalized spacial score (nSPS) is 17.9. The Morgan fingerprint density at radius 3 is 2.55 bits per heavy atom. The molecular formula is C25H22N2O2. The van der Waals surface area contributed by atoms with E-state index in [0.29, 0.717) is 6.61 Å². The Hall–Kier alpha value is -3.53. The monoisotopic (exact) mass is 382 g/mol. The molecule has 1 amide bonds. The standard InChI is InChI=1S/C25H22N2O2/c1-2-25(21-11-7-6-10-19(21)24(28)27-25)22-15-26-23-13-12-18(14-20(22)23)29-16-17-8-4-3-5-9-17/h3-15,26H,2,16H2,1H3,(H,27,28)/t25-/m1/s1. The summed E-state index contributed by atoms with van der Waals surface area (Å²) in [4.78, 5) is 16.0. The molecule has 0 saturated heterocycles. The molecule has 1 aromatic heterocycles. The number of carbonyl (C=O) groups is 1. The molecule has 0 fully saturated rings. The zero-order valence-electron chi connectivity index (χ0n) is 16.2. The fraction of sp³-hybridized carbons (Fsp3) is 0.160. The molecular weight excluding hydrogens is 360 g/mol. The van der Waals surface area contributed by atoms with Crippen LogP contribution in [0.25, 0.3) is 10.9 Å². The molecule has 29 heavy (non-hydrogen) atoms. The molecule has 4 aromatic rings. The topological polar surface area (TPSA) is 54.1 Å². The van der Waals surface area contributed by atoms with E-state index in [0.717, 1.165) is 45.3 Å². The molecule has 1 atom stereocenters. The van der Waals surface area contributed by atoms with Gasteiger partial charge in [-0.3, -0.25) is 4.79 Å². The van der Waals surface area contributed by atoms with Gasteiger partial charge in [-0.05, 0) is 41.8 Å². The van der Waals surface area contributed by atoms with Crippen molar-refractivity contribution >= 4 is 16.8 Å². The van der Waals surface area contributed by atoms with Crippen LogP contribution < -0.4 is 10.1 Å². The lowest BCUT2D eigenvalue weighted by atomic mass is 9.81. The Balaban J connectivity index is 1.56. The summed E-state index contributed by atoms with van der Waals surface area (Å²) in [5.74, 6) is 0.791. The molecule has 3 aromatic carbocycles. The third-order valence-corrected chi connectivity index (χ3v) is 5.85. The number of hydrogen-bond donors (Lipinski definition) is 2. The summed E-state index contributed by atoms with van der Waals surface area (Å²) in [6.07, 6.45) is 2.77. The predicted octanol–water partition coefficient (Wildman–Crippen LogP) is 5.14. The van der Waals surface area contributed by atoms with Crippen molar-refractivity contribution in [1.29, 1.82) is 0 Å². The second-order valence-corrected chi connectivity index (χ2v) is 7.44. The van der Waals surface area contributed by atoms with Crippen molar-refractivity contribution in [2.24, 2.45) is 0 Å². The molecule has 0 saturated carbocycles. The van der Waals surface area contributed by atoms with Gasteiger partial charge in [-0.1, -0.05) is 55.5 Å². The van der Waals surface area contributed by atoms with Gasteiger partial charge < -0.3 is 15.0 Å². The van der Waals surface area contributed by atoms with E-state index in [1.165, 1.54) is 0 Å². The molecule has 2 N–H and O–H groups in total. The summed E-state index contributed by atoms with van der Waals surface area (Å²) in [6, 6.07) is 24.0. The highest BCUT2D eigenvalue weighted by Gasteiger charge is 2.44. The number of ether oxygens (including phenoxy) is 1. The van der Waals surface area contributed by atoms with E-state index < -0.39 is 5.54 Å². The average Bonchev–Trinajstić information content (AvgIpc) is 3.32. The smallest absolute Gasteiger partial charge is 0.252 e. The van der Waals surface area contributed by atoms with Gasteiger partial charge in [0.05, 0.1) is 5.54 Å². The van der Waals surface area contributed by atoms with Gasteiger partial charge >= 0.3 is 0 Å². The first-order valence-electron chi connectivity index (χ1n) is 9.91. The maximum absolute atomic E-state index is 12.7. The molecule has 4 heteroatoms. The molecule has 2 heterocycles. The lowest BCUT2D eigenvalue weighted by Gasteiger charge is -2.29. The molecule has 5 rings (SSSR count). The van der Waals surface area contributed by atoms with E-state index in [1.54, 1.807) is 0 Å². The van der Waals surface area contributed by atoms with E-state index in [4.69, 9.17) is 4.74 Å². The van der Waals surface area contributed by atoms with Gasteiger partial charge in [-0.25, -0.2) is 0 Å². The number of hydrogen-bond acceptors (Lipinski definition) is 2. The van der Waals surface area contributed by atoms with Crippen LogP contribution in [0, 0.1) is 0 Å². The number of fused-ring (bicyclic) bond motifs is 2. The average molecular weight is 382 g/mol. The molecule has 0 radical (unpaired) electrons. The van der Waals surface area contributed by atoms with Crippen LogP contribution >= 0.6 is 0 Å². The van der Waals surface area contributed by atoms with Crippen LogP contribution in [0.1, 0.15) is 40.4 Å². The van der Waals surface area contributed by atoms with Gasteiger partial charge in [0.15, 0.2) is 0 Å². The summed E-state index contributed by atoms with van der Waals surface area (Å²) in [7, 11) is 0. The van der Waals surface area contributed by atoms with Crippen molar-refractivity contribution in [3.63, 3.8) is 0 Å². The summed E-state index contributed by atoms with van der Waals surface area (Å²) >= 11 is 0. The third-order valence-electron chi connectivity index (χ3n) is 5.85. The Bertz CT molecular complexity index is 1200. The molecule has 144 valence electrons. The molecule has 0 spiro atoms. The van der Waals surface area contributed by atoms with Gasteiger partial charge in [-0.2, -0.15) is 0 Å². The van der Waals surface area contributed by atoms with E-state index in [1.807, 2.05) is 60.8 Å². The van der Waals surface area contributed by atoms with Crippen molar-refractivity contribution in [1.82, 2.24) is 10.3 Å². The zero-order valence-corrected chi connectivity index (χ0v) is 16.2. The van der Waals surface area contributed by atoms with Crippen molar-refractivity contribution in [3.05, 3.63) is 101 Å². The maximum Gasteiger partial charge on any atom is 0.252 e. The van der Waals surface area contributed by atoms with E-state index >= 15 is 0 Å². The van der Waals surface area contributed by atoms with Crippen LogP contribution in [-0.4, -0.2) is 10.9 Å². The lowest BCUT2D eigenvalue weighted by molar-refractivity contribution is 0.0939. The number of aromatic amines is 1. The molecule has 4 nitrogen and oxygen atoms in total. The van der Waals surface area contributed by atoms with Crippen LogP contribution in [0.4, 0.5) is 0 Å². The number of aromatic nitrogens is 1. The SMILES string of the molecule is CC[C@@]1(c2c[nH]c3ccc(OCc4ccccc4)cc23)NC(=O)c2ccccc21. The summed E-state index contributed by atoms with van der Waals surface area (Å²) < 4.78 is 6.04. The van der Waals surface area contributed by atoms with Crippen LogP contribution in [0.3, 0.4) is 0 Å². The number of carbonyl (C=O) groups excluding carboxylic acids is 1. The number of H-pyrrole nitrogens is 1. The van der Waals surface area contributed by atoms with Crippen molar-refractivity contribution in [2.75, 3.05) is 0 Å². The van der Waals surface area contributed by atoms with Crippen LogP contribution in [0.15, 0.2) is 79.0 Å². The van der Waals surface area contributed by atoms with Crippen LogP contribution in [0.5, 0.6) is 5.75 Å². The summed E-state index contributed by atoms with van der Waals surface area (Å²) in [5.41, 5.74) is 4.47. The van der Waals surface area contributed by atoms with Gasteiger partial charge in [0.1, 0.15) is 12.4 Å².